The number of benzene rings is 1. The fraction of sp³-hybridized carbons (Fsp3) is 0.429. The first-order valence-corrected chi connectivity index (χ1v) is 7.03. The fourth-order valence-corrected chi connectivity index (χ4v) is 2.64. The maximum Gasteiger partial charge on any atom is 0.335 e. The van der Waals surface area contributed by atoms with Crippen molar-refractivity contribution in [2.75, 3.05) is 18.5 Å². The van der Waals surface area contributed by atoms with E-state index in [0.29, 0.717) is 6.54 Å². The minimum Gasteiger partial charge on any atom is -0.478 e. The molecule has 0 bridgehead atoms. The molecule has 1 aromatic rings. The topological polar surface area (TPSA) is 89.9 Å². The van der Waals surface area contributed by atoms with Gasteiger partial charge in [-0.15, -0.1) is 0 Å². The highest BCUT2D eigenvalue weighted by molar-refractivity contribution is 6.33. The molecule has 0 aliphatic carbocycles. The first kappa shape index (κ1) is 15.6. The van der Waals surface area contributed by atoms with Crippen LogP contribution in [0.2, 0.25) is 5.02 Å². The zero-order valence-corrected chi connectivity index (χ0v) is 12.3. The van der Waals surface area contributed by atoms with Gasteiger partial charge in [0.05, 0.1) is 28.9 Å². The summed E-state index contributed by atoms with van der Waals surface area (Å²) >= 11 is 5.98. The van der Waals surface area contributed by atoms with E-state index in [4.69, 9.17) is 16.7 Å². The van der Waals surface area contributed by atoms with Crippen LogP contribution in [0.4, 0.5) is 10.5 Å². The van der Waals surface area contributed by atoms with E-state index >= 15 is 0 Å². The number of hydrogen-bond acceptors (Lipinski definition) is 3. The third-order valence-corrected chi connectivity index (χ3v) is 4.11. The van der Waals surface area contributed by atoms with E-state index in [-0.39, 0.29) is 40.9 Å². The maximum absolute atomic E-state index is 12.3. The van der Waals surface area contributed by atoms with E-state index in [1.165, 1.54) is 18.2 Å². The number of urea groups is 1. The van der Waals surface area contributed by atoms with Crippen molar-refractivity contribution < 1.29 is 19.8 Å². The van der Waals surface area contributed by atoms with Gasteiger partial charge in [0.2, 0.25) is 0 Å². The minimum atomic E-state index is -1.09. The highest BCUT2D eigenvalue weighted by Gasteiger charge is 2.34. The summed E-state index contributed by atoms with van der Waals surface area (Å²) in [5, 5.41) is 21.2. The van der Waals surface area contributed by atoms with Gasteiger partial charge in [0.15, 0.2) is 0 Å². The number of carboxylic acids is 1. The van der Waals surface area contributed by atoms with Crippen LogP contribution < -0.4 is 5.32 Å². The normalized spacial score (nSPS) is 21.4. The molecular formula is C14H17ClN2O4. The van der Waals surface area contributed by atoms with Crippen LogP contribution in [0.5, 0.6) is 0 Å². The molecule has 2 unspecified atom stereocenters. The van der Waals surface area contributed by atoms with Crippen LogP contribution in [0, 0.1) is 5.92 Å². The van der Waals surface area contributed by atoms with E-state index < -0.39 is 5.97 Å². The lowest BCUT2D eigenvalue weighted by Crippen LogP contribution is -2.42. The fourth-order valence-electron chi connectivity index (χ4n) is 2.48. The zero-order chi connectivity index (χ0) is 15.6. The van der Waals surface area contributed by atoms with Crippen LogP contribution in [-0.4, -0.2) is 46.3 Å². The number of carboxylic acid groups (broad SMARTS) is 1. The summed E-state index contributed by atoms with van der Waals surface area (Å²) < 4.78 is 0. The van der Waals surface area contributed by atoms with Gasteiger partial charge in [-0.25, -0.2) is 9.59 Å². The Hall–Kier alpha value is -1.79. The summed E-state index contributed by atoms with van der Waals surface area (Å²) in [6.45, 7) is 2.43. The number of anilines is 1. The molecule has 1 aromatic carbocycles. The molecule has 0 spiro atoms. The highest BCUT2D eigenvalue weighted by Crippen LogP contribution is 2.27. The van der Waals surface area contributed by atoms with Crippen LogP contribution in [0.15, 0.2) is 18.2 Å². The molecule has 1 aliphatic heterocycles. The molecule has 2 rings (SSSR count). The van der Waals surface area contributed by atoms with Crippen LogP contribution in [0.25, 0.3) is 0 Å². The quantitative estimate of drug-likeness (QED) is 0.798. The molecule has 3 N–H and O–H groups in total. The lowest BCUT2D eigenvalue weighted by atomic mass is 10.0. The van der Waals surface area contributed by atoms with Gasteiger partial charge < -0.3 is 20.4 Å². The molecule has 7 heteroatoms. The number of carbonyl (C=O) groups excluding carboxylic acids is 1. The molecular weight excluding hydrogens is 296 g/mol. The Balaban J connectivity index is 2.16. The summed E-state index contributed by atoms with van der Waals surface area (Å²) in [6.07, 6.45) is 0.821. The van der Waals surface area contributed by atoms with Gasteiger partial charge in [-0.05, 0) is 30.5 Å². The molecule has 6 nitrogen and oxygen atoms in total. The Morgan fingerprint density at radius 3 is 2.81 bits per heavy atom. The van der Waals surface area contributed by atoms with Gasteiger partial charge in [0.25, 0.3) is 0 Å². The number of carbonyl (C=O) groups is 2. The second-order valence-corrected chi connectivity index (χ2v) is 5.55. The molecule has 0 radical (unpaired) electrons. The molecule has 2 amide bonds. The summed E-state index contributed by atoms with van der Waals surface area (Å²) in [5.41, 5.74) is 0.293. The molecule has 114 valence electrons. The maximum atomic E-state index is 12.3. The van der Waals surface area contributed by atoms with Gasteiger partial charge in [0, 0.05) is 6.54 Å². The first-order valence-electron chi connectivity index (χ1n) is 6.65. The van der Waals surface area contributed by atoms with Crippen LogP contribution in [0.3, 0.4) is 0 Å². The molecule has 21 heavy (non-hydrogen) atoms. The predicted molar refractivity (Wildman–Crippen MR) is 78.8 cm³/mol. The average molecular weight is 313 g/mol. The molecule has 1 heterocycles. The third kappa shape index (κ3) is 3.28. The van der Waals surface area contributed by atoms with Gasteiger partial charge in [-0.2, -0.15) is 0 Å². The van der Waals surface area contributed by atoms with Gasteiger partial charge in [0.1, 0.15) is 0 Å². The van der Waals surface area contributed by atoms with E-state index in [9.17, 15) is 14.7 Å². The summed E-state index contributed by atoms with van der Waals surface area (Å²) in [6, 6.07) is 3.50. The minimum absolute atomic E-state index is 0.0446. The van der Waals surface area contributed by atoms with Gasteiger partial charge in [-0.1, -0.05) is 18.5 Å². The Morgan fingerprint density at radius 2 is 2.19 bits per heavy atom. The van der Waals surface area contributed by atoms with Crippen LogP contribution >= 0.6 is 11.6 Å². The van der Waals surface area contributed by atoms with Gasteiger partial charge in [-0.3, -0.25) is 0 Å². The Bertz CT molecular complexity index is 564. The van der Waals surface area contributed by atoms with Crippen molar-refractivity contribution in [1.82, 2.24) is 4.90 Å². The lowest BCUT2D eigenvalue weighted by molar-refractivity contribution is 0.0697. The van der Waals surface area contributed by atoms with Crippen molar-refractivity contribution >= 4 is 29.3 Å². The number of amides is 2. The molecule has 1 fully saturated rings. The van der Waals surface area contributed by atoms with Crippen molar-refractivity contribution in [1.29, 1.82) is 0 Å². The number of nitrogens with zero attached hydrogens (tertiary/aromatic N) is 1. The van der Waals surface area contributed by atoms with Crippen molar-refractivity contribution in [2.45, 2.75) is 19.4 Å². The number of aliphatic hydroxyl groups is 1. The van der Waals surface area contributed by atoms with Crippen LogP contribution in [0.1, 0.15) is 23.7 Å². The Kier molecular flexibility index (Phi) is 4.69. The second kappa shape index (κ2) is 6.32. The number of halogens is 1. The zero-order valence-electron chi connectivity index (χ0n) is 11.5. The summed E-state index contributed by atoms with van der Waals surface area (Å²) in [7, 11) is 0. The van der Waals surface area contributed by atoms with Gasteiger partial charge >= 0.3 is 12.0 Å². The van der Waals surface area contributed by atoms with Crippen molar-refractivity contribution in [3.63, 3.8) is 0 Å². The van der Waals surface area contributed by atoms with Crippen molar-refractivity contribution in [3.8, 4) is 0 Å². The monoisotopic (exact) mass is 312 g/mol. The summed E-state index contributed by atoms with van der Waals surface area (Å²) in [4.78, 5) is 24.8. The highest BCUT2D eigenvalue weighted by atomic mass is 35.5. The number of aromatic carboxylic acids is 1. The predicted octanol–water partition coefficient (Wildman–Crippen LogP) is 2.27. The number of nitrogens with one attached hydrogen (secondary N) is 1. The van der Waals surface area contributed by atoms with E-state index in [0.717, 1.165) is 6.42 Å². The number of likely N-dealkylation sites (tertiary alicyclic amines) is 1. The smallest absolute Gasteiger partial charge is 0.335 e. The molecule has 0 aromatic heterocycles. The Labute approximate surface area is 127 Å². The van der Waals surface area contributed by atoms with E-state index in [1.807, 2.05) is 6.92 Å². The molecule has 1 saturated heterocycles. The van der Waals surface area contributed by atoms with Crippen LogP contribution in [-0.2, 0) is 0 Å². The van der Waals surface area contributed by atoms with E-state index in [2.05, 4.69) is 5.32 Å². The SMILES string of the molecule is CC1CCN(C(=O)Nc2cc(C(=O)O)ccc2Cl)C1CO. The number of rotatable bonds is 3. The number of hydrogen-bond donors (Lipinski definition) is 3. The second-order valence-electron chi connectivity index (χ2n) is 5.14. The van der Waals surface area contributed by atoms with E-state index in [1.54, 1.807) is 4.90 Å². The average Bonchev–Trinajstić information content (AvgIpc) is 2.82. The molecule has 1 aliphatic rings. The number of aliphatic hydroxyl groups excluding tert-OH is 1. The first-order chi connectivity index (χ1) is 9.93. The van der Waals surface area contributed by atoms with Crippen molar-refractivity contribution in [2.24, 2.45) is 5.92 Å². The Morgan fingerprint density at radius 1 is 1.48 bits per heavy atom. The molecule has 2 atom stereocenters. The van der Waals surface area contributed by atoms with Crippen molar-refractivity contribution in [3.05, 3.63) is 28.8 Å². The molecule has 0 saturated carbocycles. The largest absolute Gasteiger partial charge is 0.478 e. The third-order valence-electron chi connectivity index (χ3n) is 3.79. The standard InChI is InChI=1S/C14H17ClN2O4/c1-8-4-5-17(12(8)7-18)14(21)16-11-6-9(13(19)20)2-3-10(11)15/h2-3,6,8,12,18H,4-5,7H2,1H3,(H,16,21)(H,19,20). The summed E-state index contributed by atoms with van der Waals surface area (Å²) in [5.74, 6) is -0.869. The lowest BCUT2D eigenvalue weighted by Gasteiger charge is -2.25.